The summed E-state index contributed by atoms with van der Waals surface area (Å²) in [6, 6.07) is 13.3. The van der Waals surface area contributed by atoms with Gasteiger partial charge < -0.3 is 24.6 Å². The molecule has 0 aliphatic rings. The van der Waals surface area contributed by atoms with Gasteiger partial charge in [-0.15, -0.1) is 0 Å². The second-order valence-corrected chi connectivity index (χ2v) is 10.1. The van der Waals surface area contributed by atoms with Gasteiger partial charge in [-0.1, -0.05) is 59.2 Å². The summed E-state index contributed by atoms with van der Waals surface area (Å²) < 4.78 is 70.3. The highest BCUT2D eigenvalue weighted by Crippen LogP contribution is 2.28. The third kappa shape index (κ3) is 8.47. The maximum absolute atomic E-state index is 14.0. The van der Waals surface area contributed by atoms with Gasteiger partial charge in [-0.05, 0) is 24.6 Å². The molecule has 0 saturated heterocycles. The molecule has 3 aromatic carbocycles. The molecule has 0 bridgehead atoms. The zero-order valence-electron chi connectivity index (χ0n) is 23.8. The largest absolute Gasteiger partial charge is 0.479 e. The Hall–Kier alpha value is -5.24. The van der Waals surface area contributed by atoms with E-state index in [2.05, 4.69) is 15.8 Å². The quantitative estimate of drug-likeness (QED) is 0.117. The van der Waals surface area contributed by atoms with Crippen molar-refractivity contribution in [1.29, 1.82) is 0 Å². The second kappa shape index (κ2) is 15.2. The van der Waals surface area contributed by atoms with Crippen molar-refractivity contribution in [3.05, 3.63) is 106 Å². The molecule has 240 valence electrons. The first-order valence-electron chi connectivity index (χ1n) is 13.5. The van der Waals surface area contributed by atoms with Crippen LogP contribution < -0.4 is 15.4 Å². The van der Waals surface area contributed by atoms with E-state index in [9.17, 15) is 36.7 Å². The second-order valence-electron chi connectivity index (χ2n) is 9.72. The number of amides is 2. The Morgan fingerprint density at radius 1 is 0.913 bits per heavy atom. The smallest absolute Gasteiger partial charge is 0.308 e. The van der Waals surface area contributed by atoms with Crippen LogP contribution in [-0.4, -0.2) is 47.4 Å². The Morgan fingerprint density at radius 3 is 2.24 bits per heavy atom. The van der Waals surface area contributed by atoms with E-state index >= 15 is 0 Å². The van der Waals surface area contributed by atoms with E-state index in [4.69, 9.17) is 25.6 Å². The molecule has 0 aliphatic carbocycles. The lowest BCUT2D eigenvalue weighted by molar-refractivity contribution is -0.147. The lowest BCUT2D eigenvalue weighted by Crippen LogP contribution is -2.51. The van der Waals surface area contributed by atoms with Gasteiger partial charge in [-0.2, -0.15) is 8.78 Å². The van der Waals surface area contributed by atoms with Crippen molar-refractivity contribution in [2.45, 2.75) is 32.0 Å². The maximum atomic E-state index is 14.0. The summed E-state index contributed by atoms with van der Waals surface area (Å²) in [7, 11) is 0. The van der Waals surface area contributed by atoms with E-state index < -0.39 is 77.7 Å². The van der Waals surface area contributed by atoms with Gasteiger partial charge in [-0.3, -0.25) is 19.2 Å². The number of rotatable bonds is 13. The van der Waals surface area contributed by atoms with Gasteiger partial charge in [0.1, 0.15) is 25.3 Å². The number of hydrogen-bond acceptors (Lipinski definition) is 8. The van der Waals surface area contributed by atoms with E-state index in [-0.39, 0.29) is 24.1 Å². The number of aromatic nitrogens is 1. The summed E-state index contributed by atoms with van der Waals surface area (Å²) >= 11 is 6.14. The Balaban J connectivity index is 1.43. The van der Waals surface area contributed by atoms with Crippen LogP contribution in [0.4, 0.5) is 17.6 Å². The average Bonchev–Trinajstić information content (AvgIpc) is 3.53. The highest BCUT2D eigenvalue weighted by Gasteiger charge is 2.30. The monoisotopic (exact) mass is 661 g/mol. The predicted molar refractivity (Wildman–Crippen MR) is 153 cm³/mol. The normalized spacial score (nSPS) is 12.1. The van der Waals surface area contributed by atoms with Gasteiger partial charge in [0.15, 0.2) is 34.6 Å². The lowest BCUT2D eigenvalue weighted by Gasteiger charge is -2.20. The minimum atomic E-state index is -1.89. The van der Waals surface area contributed by atoms with E-state index in [1.165, 1.54) is 13.0 Å². The third-order valence-electron chi connectivity index (χ3n) is 6.37. The molecule has 10 nitrogen and oxygen atoms in total. The molecule has 2 atom stereocenters. The van der Waals surface area contributed by atoms with E-state index in [0.29, 0.717) is 16.1 Å². The van der Waals surface area contributed by atoms with Gasteiger partial charge >= 0.3 is 5.97 Å². The number of nitrogens with zero attached hydrogens (tertiary/aromatic N) is 1. The summed E-state index contributed by atoms with van der Waals surface area (Å²) in [6.07, 6.45) is -0.769. The Morgan fingerprint density at radius 2 is 1.57 bits per heavy atom. The summed E-state index contributed by atoms with van der Waals surface area (Å²) in [5.74, 6) is -12.5. The minimum absolute atomic E-state index is 0.0442. The number of carbonyl (C=O) groups excluding carboxylic acids is 4. The first kappa shape index (κ1) is 33.6. The number of Topliss-reactive ketones (excluding diaryl/α,β-unsaturated/α-hetero) is 1. The third-order valence-corrected chi connectivity index (χ3v) is 6.70. The van der Waals surface area contributed by atoms with Gasteiger partial charge in [-0.25, -0.2) is 8.78 Å². The molecule has 0 aliphatic heterocycles. The van der Waals surface area contributed by atoms with Crippen LogP contribution in [0.15, 0.2) is 71.3 Å². The topological polar surface area (TPSA) is 137 Å². The first-order valence-corrected chi connectivity index (χ1v) is 13.8. The minimum Gasteiger partial charge on any atom is -0.479 e. The van der Waals surface area contributed by atoms with Crippen molar-refractivity contribution in [1.82, 2.24) is 15.8 Å². The molecule has 1 heterocycles. The molecule has 46 heavy (non-hydrogen) atoms. The maximum Gasteiger partial charge on any atom is 0.308 e. The van der Waals surface area contributed by atoms with E-state index in [1.54, 1.807) is 54.6 Å². The zero-order valence-corrected chi connectivity index (χ0v) is 24.6. The molecule has 2 N–H and O–H groups in total. The summed E-state index contributed by atoms with van der Waals surface area (Å²) in [4.78, 5) is 51.3. The lowest BCUT2D eigenvalue weighted by atomic mass is 10.1. The van der Waals surface area contributed by atoms with Crippen molar-refractivity contribution in [3.63, 3.8) is 0 Å². The standard InChI is InChI=1S/C31H24ClF4N3O7/c1-16(37-31(43)23-12-25(46-39-23)18-9-5-6-10-19(18)32)30(42)38-22(13-26(41)44-14-17-7-3-2-4-8-17)24(40)15-45-29-27(35)20(33)11-21(34)28(29)36/h2-12,16,22H,13-15H2,1H3,(H,37,43)(H,38,42)/t16-,22-/m0/s1. The molecule has 2 amide bonds. The van der Waals surface area contributed by atoms with Gasteiger partial charge in [0, 0.05) is 17.7 Å². The van der Waals surface area contributed by atoms with Crippen LogP contribution in [0.3, 0.4) is 0 Å². The number of carbonyl (C=O) groups is 4. The van der Waals surface area contributed by atoms with Crippen molar-refractivity contribution in [2.24, 2.45) is 0 Å². The van der Waals surface area contributed by atoms with Crippen LogP contribution in [0.25, 0.3) is 11.3 Å². The van der Waals surface area contributed by atoms with Crippen LogP contribution >= 0.6 is 11.6 Å². The zero-order chi connectivity index (χ0) is 33.4. The predicted octanol–water partition coefficient (Wildman–Crippen LogP) is 4.94. The molecule has 0 saturated carbocycles. The van der Waals surface area contributed by atoms with Gasteiger partial charge in [0.25, 0.3) is 5.91 Å². The Kier molecular flexibility index (Phi) is 11.1. The first-order chi connectivity index (χ1) is 21.9. The highest BCUT2D eigenvalue weighted by atomic mass is 35.5. The van der Waals surface area contributed by atoms with Gasteiger partial charge in [0.2, 0.25) is 17.5 Å². The SMILES string of the molecule is C[C@H](NC(=O)c1cc(-c2ccccc2Cl)on1)C(=O)N[C@@H](CC(=O)OCc1ccccc1)C(=O)COc1c(F)c(F)cc(F)c1F. The van der Waals surface area contributed by atoms with Crippen molar-refractivity contribution in [2.75, 3.05) is 6.61 Å². The number of ether oxygens (including phenoxy) is 2. The molecule has 0 spiro atoms. The number of hydrogen-bond donors (Lipinski definition) is 2. The molecule has 0 fully saturated rings. The van der Waals surface area contributed by atoms with Crippen LogP contribution in [0.5, 0.6) is 5.75 Å². The van der Waals surface area contributed by atoms with Crippen LogP contribution in [-0.2, 0) is 25.7 Å². The number of ketones is 1. The van der Waals surface area contributed by atoms with E-state index in [1.807, 2.05) is 0 Å². The molecule has 0 unspecified atom stereocenters. The number of nitrogens with one attached hydrogen (secondary N) is 2. The number of benzene rings is 3. The molecule has 1 aromatic heterocycles. The fourth-order valence-electron chi connectivity index (χ4n) is 3.93. The van der Waals surface area contributed by atoms with Crippen molar-refractivity contribution in [3.8, 4) is 17.1 Å². The van der Waals surface area contributed by atoms with Crippen molar-refractivity contribution < 1.29 is 50.7 Å². The van der Waals surface area contributed by atoms with Gasteiger partial charge in [0.05, 0.1) is 11.4 Å². The Labute approximate surface area is 263 Å². The number of halogens is 5. The molecular formula is C31H24ClF4N3O7. The molecule has 15 heteroatoms. The summed E-state index contributed by atoms with van der Waals surface area (Å²) in [6.45, 7) is -0.128. The molecule has 0 radical (unpaired) electrons. The van der Waals surface area contributed by atoms with E-state index in [0.717, 1.165) is 0 Å². The van der Waals surface area contributed by atoms with Crippen LogP contribution in [0.2, 0.25) is 5.02 Å². The highest BCUT2D eigenvalue weighted by molar-refractivity contribution is 6.33. The number of esters is 1. The van der Waals surface area contributed by atoms with Crippen LogP contribution in [0.1, 0.15) is 29.4 Å². The fraction of sp³-hybridized carbons (Fsp3) is 0.194. The summed E-state index contributed by atoms with van der Waals surface area (Å²) in [5.41, 5.74) is 0.878. The molecule has 4 aromatic rings. The van der Waals surface area contributed by atoms with Crippen LogP contribution in [0, 0.1) is 23.3 Å². The molecule has 4 rings (SSSR count). The fourth-order valence-corrected chi connectivity index (χ4v) is 4.16. The average molecular weight is 662 g/mol. The van der Waals surface area contributed by atoms with Crippen molar-refractivity contribution >= 4 is 35.2 Å². The summed E-state index contributed by atoms with van der Waals surface area (Å²) in [5, 5.41) is 8.62. The Bertz CT molecular complexity index is 1730. The molecular weight excluding hydrogens is 638 g/mol.